The Morgan fingerprint density at radius 2 is 1.88 bits per heavy atom. The lowest BCUT2D eigenvalue weighted by atomic mass is 9.87. The predicted molar refractivity (Wildman–Crippen MR) is 95.0 cm³/mol. The fourth-order valence-electron chi connectivity index (χ4n) is 2.81. The van der Waals surface area contributed by atoms with Crippen LogP contribution in [0.2, 0.25) is 0 Å². The molecule has 1 unspecified atom stereocenters. The first kappa shape index (κ1) is 17.8. The van der Waals surface area contributed by atoms with Crippen molar-refractivity contribution in [3.8, 4) is 5.88 Å². The second-order valence-corrected chi connectivity index (χ2v) is 9.15. The molecule has 3 rings (SSSR count). The standard InChI is InChI=1S/C18H23N3O3S/c1-18(2,3)14-4-6-16(7-5-14)25(22,23)21-11-8-15(13-21)24-17-12-19-9-10-20-17/h4-7,9-10,12,15H,8,11,13H2,1-3H3. The molecule has 0 amide bonds. The van der Waals surface area contributed by atoms with Crippen LogP contribution in [0.1, 0.15) is 32.8 Å². The molecule has 0 spiro atoms. The summed E-state index contributed by atoms with van der Waals surface area (Å²) < 4.78 is 32.9. The van der Waals surface area contributed by atoms with Gasteiger partial charge in [-0.3, -0.25) is 4.98 Å². The molecular formula is C18H23N3O3S. The summed E-state index contributed by atoms with van der Waals surface area (Å²) in [5, 5.41) is 0. The van der Waals surface area contributed by atoms with Crippen molar-refractivity contribution in [3.05, 3.63) is 48.4 Å². The molecule has 1 fully saturated rings. The lowest BCUT2D eigenvalue weighted by molar-refractivity contribution is 0.206. The van der Waals surface area contributed by atoms with Crippen LogP contribution in [0.15, 0.2) is 47.8 Å². The van der Waals surface area contributed by atoms with Crippen LogP contribution in [0, 0.1) is 0 Å². The first-order valence-corrected chi connectivity index (χ1v) is 9.74. The van der Waals surface area contributed by atoms with E-state index in [-0.39, 0.29) is 11.5 Å². The van der Waals surface area contributed by atoms with E-state index < -0.39 is 10.0 Å². The molecule has 2 aromatic rings. The van der Waals surface area contributed by atoms with Crippen molar-refractivity contribution in [1.29, 1.82) is 0 Å². The van der Waals surface area contributed by atoms with Crippen molar-refractivity contribution >= 4 is 10.0 Å². The van der Waals surface area contributed by atoms with Crippen LogP contribution in [0.25, 0.3) is 0 Å². The fourth-order valence-corrected chi connectivity index (χ4v) is 4.29. The first-order chi connectivity index (χ1) is 11.8. The van der Waals surface area contributed by atoms with Crippen molar-refractivity contribution in [2.75, 3.05) is 13.1 Å². The Morgan fingerprint density at radius 1 is 1.16 bits per heavy atom. The van der Waals surface area contributed by atoms with Gasteiger partial charge < -0.3 is 4.74 Å². The molecule has 0 bridgehead atoms. The van der Waals surface area contributed by atoms with Crippen molar-refractivity contribution in [2.24, 2.45) is 0 Å². The normalized spacial score (nSPS) is 19.1. The van der Waals surface area contributed by atoms with Gasteiger partial charge in [-0.25, -0.2) is 13.4 Å². The van der Waals surface area contributed by atoms with Crippen LogP contribution in [-0.4, -0.2) is 41.9 Å². The number of sulfonamides is 1. The summed E-state index contributed by atoms with van der Waals surface area (Å²) in [6.45, 7) is 7.07. The topological polar surface area (TPSA) is 72.4 Å². The van der Waals surface area contributed by atoms with E-state index >= 15 is 0 Å². The number of hydrogen-bond donors (Lipinski definition) is 0. The molecule has 0 N–H and O–H groups in total. The number of ether oxygens (including phenoxy) is 1. The molecule has 0 radical (unpaired) electrons. The number of rotatable bonds is 4. The van der Waals surface area contributed by atoms with Gasteiger partial charge in [-0.2, -0.15) is 4.31 Å². The van der Waals surface area contributed by atoms with Gasteiger partial charge in [0.05, 0.1) is 17.6 Å². The highest BCUT2D eigenvalue weighted by atomic mass is 32.2. The third-order valence-electron chi connectivity index (χ3n) is 4.29. The van der Waals surface area contributed by atoms with E-state index in [9.17, 15) is 8.42 Å². The molecular weight excluding hydrogens is 338 g/mol. The molecule has 25 heavy (non-hydrogen) atoms. The first-order valence-electron chi connectivity index (χ1n) is 8.30. The Bertz CT molecular complexity index is 815. The number of nitrogens with zero attached hydrogens (tertiary/aromatic N) is 3. The van der Waals surface area contributed by atoms with Gasteiger partial charge in [0, 0.05) is 18.9 Å². The van der Waals surface area contributed by atoms with Crippen LogP contribution >= 0.6 is 0 Å². The monoisotopic (exact) mass is 361 g/mol. The largest absolute Gasteiger partial charge is 0.472 e. The quantitative estimate of drug-likeness (QED) is 0.837. The molecule has 6 nitrogen and oxygen atoms in total. The van der Waals surface area contributed by atoms with E-state index in [1.807, 2.05) is 12.1 Å². The summed E-state index contributed by atoms with van der Waals surface area (Å²) in [6.07, 6.45) is 5.08. The van der Waals surface area contributed by atoms with Crippen LogP contribution in [0.5, 0.6) is 5.88 Å². The summed E-state index contributed by atoms with van der Waals surface area (Å²) >= 11 is 0. The minimum atomic E-state index is -3.51. The summed E-state index contributed by atoms with van der Waals surface area (Å²) in [6, 6.07) is 7.15. The second kappa shape index (κ2) is 6.72. The van der Waals surface area contributed by atoms with Crippen LogP contribution in [-0.2, 0) is 15.4 Å². The van der Waals surface area contributed by atoms with Gasteiger partial charge >= 0.3 is 0 Å². The maximum absolute atomic E-state index is 12.8. The molecule has 2 heterocycles. The van der Waals surface area contributed by atoms with E-state index in [0.29, 0.717) is 30.3 Å². The molecule has 7 heteroatoms. The molecule has 1 aliphatic rings. The molecule has 134 valence electrons. The smallest absolute Gasteiger partial charge is 0.243 e. The van der Waals surface area contributed by atoms with Gasteiger partial charge in [-0.1, -0.05) is 32.9 Å². The van der Waals surface area contributed by atoms with Crippen molar-refractivity contribution < 1.29 is 13.2 Å². The van der Waals surface area contributed by atoms with Crippen LogP contribution < -0.4 is 4.74 Å². The van der Waals surface area contributed by atoms with E-state index in [4.69, 9.17) is 4.74 Å². The Balaban J connectivity index is 1.71. The molecule has 1 saturated heterocycles. The van der Waals surface area contributed by atoms with Crippen molar-refractivity contribution in [3.63, 3.8) is 0 Å². The van der Waals surface area contributed by atoms with Crippen molar-refractivity contribution in [2.45, 2.75) is 43.6 Å². The summed E-state index contributed by atoms with van der Waals surface area (Å²) in [5.74, 6) is 0.418. The lowest BCUT2D eigenvalue weighted by Gasteiger charge is -2.20. The maximum Gasteiger partial charge on any atom is 0.243 e. The highest BCUT2D eigenvalue weighted by Crippen LogP contribution is 2.26. The minimum absolute atomic E-state index is 0.00834. The van der Waals surface area contributed by atoms with Gasteiger partial charge in [0.25, 0.3) is 0 Å². The molecule has 0 aliphatic carbocycles. The molecule has 1 aromatic carbocycles. The number of aromatic nitrogens is 2. The third kappa shape index (κ3) is 3.99. The molecule has 1 atom stereocenters. The summed E-state index contributed by atoms with van der Waals surface area (Å²) in [7, 11) is -3.51. The average Bonchev–Trinajstić information content (AvgIpc) is 3.04. The summed E-state index contributed by atoms with van der Waals surface area (Å²) in [5.41, 5.74) is 1.10. The second-order valence-electron chi connectivity index (χ2n) is 7.21. The van der Waals surface area contributed by atoms with Gasteiger partial charge in [0.2, 0.25) is 15.9 Å². The zero-order valence-electron chi connectivity index (χ0n) is 14.7. The van der Waals surface area contributed by atoms with E-state index in [1.165, 1.54) is 10.5 Å². The predicted octanol–water partition coefficient (Wildman–Crippen LogP) is 2.62. The maximum atomic E-state index is 12.8. The Morgan fingerprint density at radius 3 is 2.48 bits per heavy atom. The van der Waals surface area contributed by atoms with Gasteiger partial charge in [0.15, 0.2) is 0 Å². The highest BCUT2D eigenvalue weighted by Gasteiger charge is 2.34. The molecule has 1 aliphatic heterocycles. The summed E-state index contributed by atoms with van der Waals surface area (Å²) in [4.78, 5) is 8.34. The Kier molecular flexibility index (Phi) is 4.79. The minimum Gasteiger partial charge on any atom is -0.472 e. The van der Waals surface area contributed by atoms with Crippen LogP contribution in [0.3, 0.4) is 0 Å². The average molecular weight is 361 g/mol. The highest BCUT2D eigenvalue weighted by molar-refractivity contribution is 7.89. The van der Waals surface area contributed by atoms with Gasteiger partial charge in [-0.15, -0.1) is 0 Å². The van der Waals surface area contributed by atoms with E-state index in [0.717, 1.165) is 5.56 Å². The lowest BCUT2D eigenvalue weighted by Crippen LogP contribution is -2.31. The molecule has 0 saturated carbocycles. The van der Waals surface area contributed by atoms with Crippen LogP contribution in [0.4, 0.5) is 0 Å². The zero-order chi connectivity index (χ0) is 18.1. The third-order valence-corrected chi connectivity index (χ3v) is 6.17. The number of benzene rings is 1. The molecule has 1 aromatic heterocycles. The number of hydrogen-bond acceptors (Lipinski definition) is 5. The van der Waals surface area contributed by atoms with Crippen molar-refractivity contribution in [1.82, 2.24) is 14.3 Å². The SMILES string of the molecule is CC(C)(C)c1ccc(S(=O)(=O)N2CCC(Oc3cnccn3)C2)cc1. The van der Waals surface area contributed by atoms with E-state index in [1.54, 1.807) is 24.5 Å². The Labute approximate surface area is 148 Å². The zero-order valence-corrected chi connectivity index (χ0v) is 15.5. The fraction of sp³-hybridized carbons (Fsp3) is 0.444. The van der Waals surface area contributed by atoms with Gasteiger partial charge in [0.1, 0.15) is 6.10 Å². The Hall–Kier alpha value is -1.99. The van der Waals surface area contributed by atoms with Gasteiger partial charge in [-0.05, 0) is 29.5 Å². The van der Waals surface area contributed by atoms with E-state index in [2.05, 4.69) is 30.7 Å².